The van der Waals surface area contributed by atoms with E-state index in [0.717, 1.165) is 9.26 Å². The SMILES string of the molecule is CC(O)CNc1ccc(I)cc1Cl. The van der Waals surface area contributed by atoms with Crippen molar-refractivity contribution in [2.75, 3.05) is 11.9 Å². The second-order valence-corrected chi connectivity index (χ2v) is 4.51. The predicted molar refractivity (Wildman–Crippen MR) is 64.3 cm³/mol. The van der Waals surface area contributed by atoms with Crippen LogP contribution in [-0.2, 0) is 0 Å². The zero-order valence-electron chi connectivity index (χ0n) is 7.22. The quantitative estimate of drug-likeness (QED) is 0.841. The molecule has 0 bridgehead atoms. The molecule has 4 heteroatoms. The molecular formula is C9H11ClINO. The maximum absolute atomic E-state index is 9.05. The summed E-state index contributed by atoms with van der Waals surface area (Å²) in [6.07, 6.45) is -0.365. The lowest BCUT2D eigenvalue weighted by Gasteiger charge is -2.09. The van der Waals surface area contributed by atoms with Gasteiger partial charge in [-0.25, -0.2) is 0 Å². The number of halogens is 2. The summed E-state index contributed by atoms with van der Waals surface area (Å²) in [5.41, 5.74) is 0.864. The van der Waals surface area contributed by atoms with Gasteiger partial charge in [0.05, 0.1) is 16.8 Å². The average Bonchev–Trinajstić information content (AvgIpc) is 2.02. The zero-order chi connectivity index (χ0) is 9.84. The van der Waals surface area contributed by atoms with E-state index in [9.17, 15) is 0 Å². The van der Waals surface area contributed by atoms with Crippen LogP contribution in [-0.4, -0.2) is 17.8 Å². The minimum absolute atomic E-state index is 0.365. The lowest BCUT2D eigenvalue weighted by molar-refractivity contribution is 0.208. The minimum atomic E-state index is -0.365. The molecular weight excluding hydrogens is 300 g/mol. The Hall–Kier alpha value is -0.0000000000000000555. The van der Waals surface area contributed by atoms with Gasteiger partial charge in [-0.05, 0) is 47.7 Å². The first-order chi connectivity index (χ1) is 6.09. The van der Waals surface area contributed by atoms with E-state index >= 15 is 0 Å². The van der Waals surface area contributed by atoms with Crippen LogP contribution >= 0.6 is 34.2 Å². The van der Waals surface area contributed by atoms with Crippen LogP contribution in [0.1, 0.15) is 6.92 Å². The van der Waals surface area contributed by atoms with Crippen molar-refractivity contribution in [2.45, 2.75) is 13.0 Å². The molecule has 0 spiro atoms. The maximum Gasteiger partial charge on any atom is 0.0684 e. The second-order valence-electron chi connectivity index (χ2n) is 2.85. The molecule has 1 rings (SSSR count). The van der Waals surface area contributed by atoms with Gasteiger partial charge in [0.1, 0.15) is 0 Å². The molecule has 0 radical (unpaired) electrons. The van der Waals surface area contributed by atoms with Crippen molar-refractivity contribution in [3.63, 3.8) is 0 Å². The molecule has 0 fully saturated rings. The molecule has 1 aromatic rings. The molecule has 0 aliphatic heterocycles. The fourth-order valence-corrected chi connectivity index (χ4v) is 1.81. The molecule has 0 aliphatic rings. The van der Waals surface area contributed by atoms with Crippen LogP contribution in [0.4, 0.5) is 5.69 Å². The normalized spacial score (nSPS) is 12.6. The van der Waals surface area contributed by atoms with E-state index in [1.54, 1.807) is 6.92 Å². The third kappa shape index (κ3) is 3.70. The molecule has 2 nitrogen and oxygen atoms in total. The molecule has 0 saturated heterocycles. The van der Waals surface area contributed by atoms with E-state index in [0.29, 0.717) is 11.6 Å². The van der Waals surface area contributed by atoms with Gasteiger partial charge in [-0.3, -0.25) is 0 Å². The fraction of sp³-hybridized carbons (Fsp3) is 0.333. The van der Waals surface area contributed by atoms with Gasteiger partial charge < -0.3 is 10.4 Å². The van der Waals surface area contributed by atoms with Crippen LogP contribution < -0.4 is 5.32 Å². The summed E-state index contributed by atoms with van der Waals surface area (Å²) in [6.45, 7) is 2.24. The van der Waals surface area contributed by atoms with Gasteiger partial charge in [0, 0.05) is 10.1 Å². The molecule has 0 heterocycles. The monoisotopic (exact) mass is 311 g/mol. The second kappa shape index (κ2) is 5.02. The zero-order valence-corrected chi connectivity index (χ0v) is 10.1. The third-order valence-corrected chi connectivity index (χ3v) is 2.50. The number of aliphatic hydroxyl groups excluding tert-OH is 1. The Labute approximate surface area is 96.4 Å². The van der Waals surface area contributed by atoms with Crippen LogP contribution in [0.2, 0.25) is 5.02 Å². The van der Waals surface area contributed by atoms with Crippen LogP contribution in [0.25, 0.3) is 0 Å². The number of hydrogen-bond acceptors (Lipinski definition) is 2. The lowest BCUT2D eigenvalue weighted by atomic mass is 10.3. The highest BCUT2D eigenvalue weighted by Crippen LogP contribution is 2.23. The van der Waals surface area contributed by atoms with E-state index in [1.807, 2.05) is 18.2 Å². The standard InChI is InChI=1S/C9H11ClINO/c1-6(13)5-12-9-3-2-7(11)4-8(9)10/h2-4,6,12-13H,5H2,1H3. The van der Waals surface area contributed by atoms with E-state index in [2.05, 4.69) is 27.9 Å². The van der Waals surface area contributed by atoms with Crippen LogP contribution in [0, 0.1) is 3.57 Å². The summed E-state index contributed by atoms with van der Waals surface area (Å²) in [5.74, 6) is 0. The molecule has 2 N–H and O–H groups in total. The number of benzene rings is 1. The van der Waals surface area contributed by atoms with Crippen molar-refractivity contribution in [1.29, 1.82) is 0 Å². The summed E-state index contributed by atoms with van der Waals surface area (Å²) >= 11 is 8.17. The molecule has 13 heavy (non-hydrogen) atoms. The average molecular weight is 312 g/mol. The maximum atomic E-state index is 9.05. The van der Waals surface area contributed by atoms with Gasteiger partial charge in [-0.1, -0.05) is 11.6 Å². The molecule has 1 aromatic carbocycles. The smallest absolute Gasteiger partial charge is 0.0684 e. The molecule has 1 atom stereocenters. The van der Waals surface area contributed by atoms with Gasteiger partial charge in [0.25, 0.3) is 0 Å². The molecule has 72 valence electrons. The third-order valence-electron chi connectivity index (χ3n) is 1.52. The van der Waals surface area contributed by atoms with Gasteiger partial charge in [-0.15, -0.1) is 0 Å². The van der Waals surface area contributed by atoms with Crippen molar-refractivity contribution < 1.29 is 5.11 Å². The summed E-state index contributed by atoms with van der Waals surface area (Å²) in [7, 11) is 0. The Bertz CT molecular complexity index is 291. The summed E-state index contributed by atoms with van der Waals surface area (Å²) < 4.78 is 1.10. The number of nitrogens with one attached hydrogen (secondary N) is 1. The first kappa shape index (κ1) is 11.1. The van der Waals surface area contributed by atoms with Crippen molar-refractivity contribution in [2.24, 2.45) is 0 Å². The summed E-state index contributed by atoms with van der Waals surface area (Å²) in [4.78, 5) is 0. The van der Waals surface area contributed by atoms with E-state index < -0.39 is 0 Å². The molecule has 1 unspecified atom stereocenters. The van der Waals surface area contributed by atoms with E-state index in [4.69, 9.17) is 16.7 Å². The van der Waals surface area contributed by atoms with Crippen molar-refractivity contribution in [3.05, 3.63) is 26.8 Å². The summed E-state index contributed by atoms with van der Waals surface area (Å²) in [6, 6.07) is 5.76. The summed E-state index contributed by atoms with van der Waals surface area (Å²) in [5, 5.41) is 12.8. The Morgan fingerprint density at radius 3 is 2.85 bits per heavy atom. The predicted octanol–water partition coefficient (Wildman–Crippen LogP) is 2.74. The molecule has 0 aromatic heterocycles. The Morgan fingerprint density at radius 2 is 2.31 bits per heavy atom. The molecule has 0 aliphatic carbocycles. The molecule has 0 amide bonds. The highest BCUT2D eigenvalue weighted by molar-refractivity contribution is 14.1. The van der Waals surface area contributed by atoms with Crippen LogP contribution in [0.15, 0.2) is 18.2 Å². The molecule has 0 saturated carbocycles. The first-order valence-corrected chi connectivity index (χ1v) is 5.42. The Balaban J connectivity index is 2.67. The van der Waals surface area contributed by atoms with Crippen LogP contribution in [0.5, 0.6) is 0 Å². The van der Waals surface area contributed by atoms with Crippen molar-refractivity contribution >= 4 is 39.9 Å². The van der Waals surface area contributed by atoms with Gasteiger partial charge in [0.15, 0.2) is 0 Å². The van der Waals surface area contributed by atoms with Gasteiger partial charge in [-0.2, -0.15) is 0 Å². The van der Waals surface area contributed by atoms with E-state index in [-0.39, 0.29) is 6.10 Å². The number of anilines is 1. The highest BCUT2D eigenvalue weighted by Gasteiger charge is 2.01. The van der Waals surface area contributed by atoms with Gasteiger partial charge in [0.2, 0.25) is 0 Å². The largest absolute Gasteiger partial charge is 0.392 e. The topological polar surface area (TPSA) is 32.3 Å². The first-order valence-electron chi connectivity index (χ1n) is 3.96. The highest BCUT2D eigenvalue weighted by atomic mass is 127. The lowest BCUT2D eigenvalue weighted by Crippen LogP contribution is -2.15. The van der Waals surface area contributed by atoms with E-state index in [1.165, 1.54) is 0 Å². The number of hydrogen-bond donors (Lipinski definition) is 2. The van der Waals surface area contributed by atoms with Crippen molar-refractivity contribution in [3.8, 4) is 0 Å². The fourth-order valence-electron chi connectivity index (χ4n) is 0.891. The van der Waals surface area contributed by atoms with Gasteiger partial charge >= 0.3 is 0 Å². The Morgan fingerprint density at radius 1 is 1.62 bits per heavy atom. The van der Waals surface area contributed by atoms with Crippen molar-refractivity contribution in [1.82, 2.24) is 0 Å². The Kier molecular flexibility index (Phi) is 4.28. The number of aliphatic hydroxyl groups is 1. The number of rotatable bonds is 3. The minimum Gasteiger partial charge on any atom is -0.392 e. The van der Waals surface area contributed by atoms with Crippen LogP contribution in [0.3, 0.4) is 0 Å².